The van der Waals surface area contributed by atoms with Crippen molar-refractivity contribution in [3.63, 3.8) is 0 Å². The van der Waals surface area contributed by atoms with Crippen molar-refractivity contribution in [3.8, 4) is 0 Å². The van der Waals surface area contributed by atoms with E-state index >= 15 is 0 Å². The van der Waals surface area contributed by atoms with Gasteiger partial charge in [0.25, 0.3) is 0 Å². The van der Waals surface area contributed by atoms with Crippen LogP contribution in [0.5, 0.6) is 0 Å². The molecule has 0 spiro atoms. The molecule has 0 heteroatoms. The van der Waals surface area contributed by atoms with Gasteiger partial charge in [-0.1, -0.05) is 48.6 Å². The van der Waals surface area contributed by atoms with E-state index < -0.39 is 0 Å². The van der Waals surface area contributed by atoms with Crippen LogP contribution in [-0.2, 0) is 6.42 Å². The molecule has 0 nitrogen and oxygen atoms in total. The first kappa shape index (κ1) is 11.3. The highest BCUT2D eigenvalue weighted by Crippen LogP contribution is 2.21. The van der Waals surface area contributed by atoms with Crippen molar-refractivity contribution < 1.29 is 0 Å². The van der Waals surface area contributed by atoms with Gasteiger partial charge in [-0.2, -0.15) is 0 Å². The van der Waals surface area contributed by atoms with E-state index in [1.165, 1.54) is 47.6 Å². The molecule has 6 rings (SSSR count). The molecule has 0 fully saturated rings. The Bertz CT molecular complexity index is 1300. The van der Waals surface area contributed by atoms with Gasteiger partial charge in [0.15, 0.2) is 0 Å². The largest absolute Gasteiger partial charge is 0.0795 e. The van der Waals surface area contributed by atoms with Gasteiger partial charge >= 0.3 is 0 Å². The maximum absolute atomic E-state index is 2.44. The van der Waals surface area contributed by atoms with Crippen molar-refractivity contribution in [2.45, 2.75) is 25.7 Å². The fourth-order valence-corrected chi connectivity index (χ4v) is 4.87. The lowest BCUT2D eigenvalue weighted by Crippen LogP contribution is -2.49. The van der Waals surface area contributed by atoms with Gasteiger partial charge in [-0.05, 0) is 78.9 Å². The molecule has 0 radical (unpaired) electrons. The lowest BCUT2D eigenvalue weighted by Gasteiger charge is -2.09. The second-order valence-corrected chi connectivity index (χ2v) is 6.66. The molecule has 0 atom stereocenters. The van der Waals surface area contributed by atoms with Crippen LogP contribution in [0.1, 0.15) is 30.4 Å². The highest BCUT2D eigenvalue weighted by Gasteiger charge is 2.18. The molecule has 0 N–H and O–H groups in total. The Hall–Kier alpha value is -2.34. The molecule has 0 aromatic heterocycles. The van der Waals surface area contributed by atoms with Crippen LogP contribution >= 0.6 is 0 Å². The maximum atomic E-state index is 2.44. The van der Waals surface area contributed by atoms with E-state index in [0.29, 0.717) is 0 Å². The number of allylic oxidation sites excluding steroid dienone is 1. The van der Waals surface area contributed by atoms with Crippen LogP contribution in [0.15, 0.2) is 6.08 Å². The van der Waals surface area contributed by atoms with Gasteiger partial charge in [-0.15, -0.1) is 0 Å². The van der Waals surface area contributed by atoms with E-state index in [-0.39, 0.29) is 0 Å². The first-order valence-electron chi connectivity index (χ1n) is 8.32. The van der Waals surface area contributed by atoms with Crippen LogP contribution in [0, 0.1) is 0 Å². The quantitative estimate of drug-likeness (QED) is 0.651. The van der Waals surface area contributed by atoms with E-state index in [1.54, 1.807) is 5.56 Å². The Morgan fingerprint density at radius 3 is 1.82 bits per heavy atom. The van der Waals surface area contributed by atoms with Gasteiger partial charge in [0.2, 0.25) is 0 Å². The van der Waals surface area contributed by atoms with Crippen LogP contribution in [-0.4, -0.2) is 0 Å². The number of fused-ring (bicyclic) bond motifs is 11. The fourth-order valence-electron chi connectivity index (χ4n) is 4.87. The van der Waals surface area contributed by atoms with Crippen molar-refractivity contribution in [2.75, 3.05) is 0 Å². The second-order valence-electron chi connectivity index (χ2n) is 6.66. The summed E-state index contributed by atoms with van der Waals surface area (Å²) in [7, 11) is 0. The molecule has 0 amide bonds. The molecule has 2 aromatic carbocycles. The molecule has 0 heterocycles. The third-order valence-electron chi connectivity index (χ3n) is 5.68. The van der Waals surface area contributed by atoms with Crippen molar-refractivity contribution in [1.29, 1.82) is 0 Å². The minimum Gasteiger partial charge on any atom is -0.0795 e. The average Bonchev–Trinajstić information content (AvgIpc) is 3.28. The van der Waals surface area contributed by atoms with Crippen molar-refractivity contribution >= 4 is 53.3 Å². The summed E-state index contributed by atoms with van der Waals surface area (Å²) in [6.45, 7) is 0. The van der Waals surface area contributed by atoms with E-state index in [0.717, 1.165) is 25.7 Å². The molecule has 0 saturated carbocycles. The van der Waals surface area contributed by atoms with Crippen molar-refractivity contribution in [3.05, 3.63) is 48.5 Å². The van der Waals surface area contributed by atoms with Gasteiger partial charge in [0, 0.05) is 0 Å². The molecule has 4 aliphatic rings. The van der Waals surface area contributed by atoms with Crippen LogP contribution < -0.4 is 31.3 Å². The predicted molar refractivity (Wildman–Crippen MR) is 95.1 cm³/mol. The predicted octanol–water partition coefficient (Wildman–Crippen LogP) is 0.303. The van der Waals surface area contributed by atoms with Gasteiger partial charge in [0.05, 0.1) is 0 Å². The summed E-state index contributed by atoms with van der Waals surface area (Å²) in [4.78, 5) is 0. The fraction of sp³-hybridized carbons (Fsp3) is 0.182. The van der Waals surface area contributed by atoms with Crippen molar-refractivity contribution in [1.82, 2.24) is 0 Å². The first-order valence-corrected chi connectivity index (χ1v) is 8.32. The van der Waals surface area contributed by atoms with Crippen LogP contribution in [0.2, 0.25) is 0 Å². The Morgan fingerprint density at radius 1 is 0.545 bits per heavy atom. The SMILES string of the molecule is C1=Cc2c(c3c(c4c5c(c6c(c24)=CCC=6)=CCC=5)=CCC=3)C1. The van der Waals surface area contributed by atoms with E-state index in [4.69, 9.17) is 0 Å². The van der Waals surface area contributed by atoms with Gasteiger partial charge in [0.1, 0.15) is 0 Å². The average molecular weight is 280 g/mol. The summed E-state index contributed by atoms with van der Waals surface area (Å²) in [5, 5.41) is 12.0. The number of hydrogen-bond acceptors (Lipinski definition) is 0. The van der Waals surface area contributed by atoms with E-state index in [1.807, 2.05) is 0 Å². The summed E-state index contributed by atoms with van der Waals surface area (Å²) in [6.07, 6.45) is 23.6. The summed E-state index contributed by atoms with van der Waals surface area (Å²) < 4.78 is 0. The van der Waals surface area contributed by atoms with E-state index in [2.05, 4.69) is 48.6 Å². The topological polar surface area (TPSA) is 0 Å². The first-order chi connectivity index (χ1) is 10.9. The van der Waals surface area contributed by atoms with Gasteiger partial charge < -0.3 is 0 Å². The third kappa shape index (κ3) is 1.14. The van der Waals surface area contributed by atoms with Crippen LogP contribution in [0.4, 0.5) is 0 Å². The zero-order valence-electron chi connectivity index (χ0n) is 12.4. The van der Waals surface area contributed by atoms with Crippen LogP contribution in [0.25, 0.3) is 53.3 Å². The highest BCUT2D eigenvalue weighted by molar-refractivity contribution is 5.97. The summed E-state index contributed by atoms with van der Waals surface area (Å²) in [5.41, 5.74) is 3.05. The molecular weight excluding hydrogens is 264 g/mol. The van der Waals surface area contributed by atoms with Crippen LogP contribution in [0.3, 0.4) is 0 Å². The lowest BCUT2D eigenvalue weighted by atomic mass is 9.93. The molecular formula is C22H16. The van der Waals surface area contributed by atoms with E-state index in [9.17, 15) is 0 Å². The Labute approximate surface area is 128 Å². The molecule has 0 saturated heterocycles. The molecule has 2 aromatic rings. The zero-order chi connectivity index (χ0) is 14.3. The second kappa shape index (κ2) is 3.70. The molecule has 22 heavy (non-hydrogen) atoms. The molecule has 4 aliphatic carbocycles. The smallest absolute Gasteiger partial charge is 0.00206 e. The molecule has 0 bridgehead atoms. The number of hydrogen-bond donors (Lipinski definition) is 0. The Balaban J connectivity index is 2.15. The number of rotatable bonds is 0. The zero-order valence-corrected chi connectivity index (χ0v) is 12.4. The normalized spacial score (nSPS) is 18.4. The minimum absolute atomic E-state index is 1.08. The summed E-state index contributed by atoms with van der Waals surface area (Å²) >= 11 is 0. The molecule has 104 valence electrons. The Morgan fingerprint density at radius 2 is 1.09 bits per heavy atom. The minimum atomic E-state index is 1.08. The Kier molecular flexibility index (Phi) is 1.89. The standard InChI is InChI=1S/C22H16/c1-5-13-14-6-2-10-18(14)22-20-12-4-8-16(20)15-7-3-11-19(15)21(22)17(13)9-1/h1,6-12H,2-5H2. The maximum Gasteiger partial charge on any atom is -0.00206 e. The third-order valence-corrected chi connectivity index (χ3v) is 5.68. The number of benzene rings is 2. The van der Waals surface area contributed by atoms with Crippen molar-refractivity contribution in [2.24, 2.45) is 0 Å². The summed E-state index contributed by atoms with van der Waals surface area (Å²) in [6, 6.07) is 0. The van der Waals surface area contributed by atoms with Gasteiger partial charge in [-0.25, -0.2) is 0 Å². The van der Waals surface area contributed by atoms with Gasteiger partial charge in [-0.3, -0.25) is 0 Å². The lowest BCUT2D eigenvalue weighted by molar-refractivity contribution is 1.27. The monoisotopic (exact) mass is 280 g/mol. The molecule has 0 unspecified atom stereocenters. The highest BCUT2D eigenvalue weighted by atomic mass is 14.2. The summed E-state index contributed by atoms with van der Waals surface area (Å²) in [5.74, 6) is 0. The molecule has 0 aliphatic heterocycles.